The minimum Gasteiger partial charge on any atom is -0.377 e. The van der Waals surface area contributed by atoms with Crippen LogP contribution in [0.1, 0.15) is 32.3 Å². The molecule has 0 spiro atoms. The van der Waals surface area contributed by atoms with Crippen LogP contribution in [0.25, 0.3) is 0 Å². The van der Waals surface area contributed by atoms with Gasteiger partial charge in [0.25, 0.3) is 0 Å². The van der Waals surface area contributed by atoms with Crippen molar-refractivity contribution in [2.24, 2.45) is 0 Å². The molecule has 5 heteroatoms. The fourth-order valence-corrected chi connectivity index (χ4v) is 2.19. The molecule has 1 atom stereocenters. The molecule has 19 heavy (non-hydrogen) atoms. The Morgan fingerprint density at radius 3 is 2.95 bits per heavy atom. The van der Waals surface area contributed by atoms with Crippen molar-refractivity contribution in [1.29, 1.82) is 0 Å². The second kappa shape index (κ2) is 7.40. The van der Waals surface area contributed by atoms with Crippen LogP contribution in [0, 0.1) is 0 Å². The summed E-state index contributed by atoms with van der Waals surface area (Å²) in [4.78, 5) is 11.2. The fourth-order valence-electron chi connectivity index (χ4n) is 2.19. The topological polar surface area (TPSA) is 50.3 Å². The summed E-state index contributed by atoms with van der Waals surface area (Å²) < 4.78 is 5.64. The highest BCUT2D eigenvalue weighted by Gasteiger charge is 2.17. The highest BCUT2D eigenvalue weighted by atomic mass is 16.5. The highest BCUT2D eigenvalue weighted by Crippen LogP contribution is 2.12. The first-order chi connectivity index (χ1) is 9.29. The molecule has 0 radical (unpaired) electrons. The van der Waals surface area contributed by atoms with Crippen LogP contribution in [0.4, 0.5) is 5.95 Å². The zero-order valence-corrected chi connectivity index (χ0v) is 11.9. The minimum absolute atomic E-state index is 0.247. The molecule has 1 aliphatic rings. The van der Waals surface area contributed by atoms with Crippen molar-refractivity contribution in [2.45, 2.75) is 39.3 Å². The molecule has 0 amide bonds. The Morgan fingerprint density at radius 1 is 1.42 bits per heavy atom. The average molecular weight is 264 g/mol. The van der Waals surface area contributed by atoms with Crippen molar-refractivity contribution >= 4 is 5.95 Å². The lowest BCUT2D eigenvalue weighted by atomic mass is 10.3. The number of nitrogens with zero attached hydrogens (tertiary/aromatic N) is 3. The zero-order chi connectivity index (χ0) is 13.5. The van der Waals surface area contributed by atoms with Gasteiger partial charge in [0, 0.05) is 44.2 Å². The molecule has 1 aromatic heterocycles. The Kier molecular flexibility index (Phi) is 5.54. The molecule has 1 fully saturated rings. The number of aromatic nitrogens is 2. The summed E-state index contributed by atoms with van der Waals surface area (Å²) >= 11 is 0. The Labute approximate surface area is 115 Å². The van der Waals surface area contributed by atoms with Crippen LogP contribution in [0.15, 0.2) is 12.4 Å². The van der Waals surface area contributed by atoms with E-state index in [0.717, 1.165) is 57.1 Å². The maximum Gasteiger partial charge on any atom is 0.225 e. The molecule has 5 nitrogen and oxygen atoms in total. The van der Waals surface area contributed by atoms with Gasteiger partial charge in [0.05, 0.1) is 6.10 Å². The number of anilines is 1. The molecule has 1 aliphatic heterocycles. The largest absolute Gasteiger partial charge is 0.377 e. The Morgan fingerprint density at radius 2 is 2.21 bits per heavy atom. The first-order valence-corrected chi connectivity index (χ1v) is 7.17. The molecule has 1 N–H and O–H groups in total. The summed E-state index contributed by atoms with van der Waals surface area (Å²) in [5.74, 6) is 0.816. The van der Waals surface area contributed by atoms with Crippen molar-refractivity contribution in [3.05, 3.63) is 18.0 Å². The smallest absolute Gasteiger partial charge is 0.225 e. The summed E-state index contributed by atoms with van der Waals surface area (Å²) in [7, 11) is 0. The lowest BCUT2D eigenvalue weighted by Crippen LogP contribution is -2.31. The van der Waals surface area contributed by atoms with E-state index in [1.165, 1.54) is 0 Å². The predicted molar refractivity (Wildman–Crippen MR) is 76.3 cm³/mol. The monoisotopic (exact) mass is 264 g/mol. The lowest BCUT2D eigenvalue weighted by molar-refractivity contribution is 0.0820. The van der Waals surface area contributed by atoms with Crippen molar-refractivity contribution in [3.8, 4) is 0 Å². The average Bonchev–Trinajstić information content (AvgIpc) is 2.65. The lowest BCUT2D eigenvalue weighted by Gasteiger charge is -2.21. The van der Waals surface area contributed by atoms with Gasteiger partial charge in [-0.05, 0) is 26.3 Å². The third-order valence-electron chi connectivity index (χ3n) is 3.18. The van der Waals surface area contributed by atoms with Crippen molar-refractivity contribution in [1.82, 2.24) is 15.3 Å². The molecular weight excluding hydrogens is 240 g/mol. The molecule has 106 valence electrons. The summed E-state index contributed by atoms with van der Waals surface area (Å²) in [5.41, 5.74) is 1.14. The first kappa shape index (κ1) is 14.2. The van der Waals surface area contributed by atoms with Gasteiger partial charge < -0.3 is 15.0 Å². The third-order valence-corrected chi connectivity index (χ3v) is 3.18. The van der Waals surface area contributed by atoms with Gasteiger partial charge in [-0.15, -0.1) is 0 Å². The van der Waals surface area contributed by atoms with E-state index in [2.05, 4.69) is 34.0 Å². The van der Waals surface area contributed by atoms with E-state index in [1.807, 2.05) is 12.4 Å². The van der Waals surface area contributed by atoms with Crippen LogP contribution < -0.4 is 10.2 Å². The quantitative estimate of drug-likeness (QED) is 0.819. The van der Waals surface area contributed by atoms with Gasteiger partial charge in [0.15, 0.2) is 0 Å². The van der Waals surface area contributed by atoms with Crippen molar-refractivity contribution in [2.75, 3.05) is 31.1 Å². The van der Waals surface area contributed by atoms with Gasteiger partial charge in [-0.3, -0.25) is 0 Å². The second-order valence-corrected chi connectivity index (χ2v) is 5.05. The fraction of sp³-hybridized carbons (Fsp3) is 0.714. The van der Waals surface area contributed by atoms with E-state index in [0.29, 0.717) is 0 Å². The molecule has 1 saturated heterocycles. The van der Waals surface area contributed by atoms with E-state index in [-0.39, 0.29) is 6.10 Å². The van der Waals surface area contributed by atoms with Crippen LogP contribution in [0.2, 0.25) is 0 Å². The molecule has 2 rings (SSSR count). The summed E-state index contributed by atoms with van der Waals surface area (Å²) in [5, 5.41) is 3.35. The van der Waals surface area contributed by atoms with Gasteiger partial charge in [0.1, 0.15) is 0 Å². The summed E-state index contributed by atoms with van der Waals surface area (Å²) in [6.45, 7) is 8.80. The summed E-state index contributed by atoms with van der Waals surface area (Å²) in [6.07, 6.45) is 6.26. The Balaban J connectivity index is 1.93. The number of ether oxygens (including phenoxy) is 1. The second-order valence-electron chi connectivity index (χ2n) is 5.05. The number of hydrogen-bond acceptors (Lipinski definition) is 5. The maximum absolute atomic E-state index is 5.64. The standard InChI is InChI=1S/C14H24N4O/c1-3-5-15-8-13-9-16-14(17-10-13)18-6-4-7-19-12(2)11-18/h9-10,12,15H,3-8,11H2,1-2H3. The SMILES string of the molecule is CCCNCc1cnc(N2CCCOC(C)C2)nc1. The molecule has 0 aliphatic carbocycles. The van der Waals surface area contributed by atoms with Gasteiger partial charge in [-0.1, -0.05) is 6.92 Å². The van der Waals surface area contributed by atoms with E-state index in [9.17, 15) is 0 Å². The molecule has 0 saturated carbocycles. The first-order valence-electron chi connectivity index (χ1n) is 7.17. The molecule has 0 bridgehead atoms. The molecule has 1 unspecified atom stereocenters. The van der Waals surface area contributed by atoms with Crippen LogP contribution >= 0.6 is 0 Å². The highest BCUT2D eigenvalue weighted by molar-refractivity contribution is 5.30. The van der Waals surface area contributed by atoms with Crippen molar-refractivity contribution < 1.29 is 4.74 Å². The van der Waals surface area contributed by atoms with Crippen LogP contribution in [-0.2, 0) is 11.3 Å². The van der Waals surface area contributed by atoms with Gasteiger partial charge in [-0.25, -0.2) is 9.97 Å². The third kappa shape index (κ3) is 4.44. The van der Waals surface area contributed by atoms with Gasteiger partial charge in [0.2, 0.25) is 5.95 Å². The number of rotatable bonds is 5. The Hall–Kier alpha value is -1.20. The van der Waals surface area contributed by atoms with Crippen molar-refractivity contribution in [3.63, 3.8) is 0 Å². The molecule has 2 heterocycles. The Bertz CT molecular complexity index is 368. The van der Waals surface area contributed by atoms with Gasteiger partial charge in [-0.2, -0.15) is 0 Å². The number of hydrogen-bond donors (Lipinski definition) is 1. The zero-order valence-electron chi connectivity index (χ0n) is 11.9. The molecular formula is C14H24N4O. The van der Waals surface area contributed by atoms with Crippen LogP contribution in [0.5, 0.6) is 0 Å². The van der Waals surface area contributed by atoms with E-state index in [4.69, 9.17) is 4.74 Å². The summed E-state index contributed by atoms with van der Waals surface area (Å²) in [6, 6.07) is 0. The van der Waals surface area contributed by atoms with E-state index < -0.39 is 0 Å². The minimum atomic E-state index is 0.247. The van der Waals surface area contributed by atoms with Crippen LogP contribution in [-0.4, -0.2) is 42.3 Å². The molecule has 1 aromatic rings. The van der Waals surface area contributed by atoms with E-state index in [1.54, 1.807) is 0 Å². The maximum atomic E-state index is 5.64. The number of nitrogens with one attached hydrogen (secondary N) is 1. The predicted octanol–water partition coefficient (Wildman–Crippen LogP) is 1.59. The van der Waals surface area contributed by atoms with Gasteiger partial charge >= 0.3 is 0 Å². The normalized spacial score (nSPS) is 20.3. The van der Waals surface area contributed by atoms with E-state index >= 15 is 0 Å². The van der Waals surface area contributed by atoms with Crippen LogP contribution in [0.3, 0.4) is 0 Å². The molecule has 0 aromatic carbocycles.